The third kappa shape index (κ3) is 3.40. The molecule has 3 rings (SSSR count). The zero-order valence-electron chi connectivity index (χ0n) is 15.9. The van der Waals surface area contributed by atoms with Gasteiger partial charge in [0.15, 0.2) is 17.5 Å². The number of likely N-dealkylation sites (N-methyl/N-ethyl adjacent to an activating group) is 1. The van der Waals surface area contributed by atoms with Crippen LogP contribution >= 0.6 is 0 Å². The normalized spacial score (nSPS) is 15.3. The molecule has 0 radical (unpaired) electrons. The van der Waals surface area contributed by atoms with Crippen LogP contribution in [-0.2, 0) is 17.8 Å². The minimum atomic E-state index is -0.155. The highest BCUT2D eigenvalue weighted by Crippen LogP contribution is 2.30. The SMILES string of the molecule is COc1cccc(C[NH+](C)[C@H](C)C(=O)N2CCc3ccccc32)c1OC. The van der Waals surface area contributed by atoms with Crippen LogP contribution in [0.1, 0.15) is 18.1 Å². The van der Waals surface area contributed by atoms with Crippen molar-refractivity contribution in [3.8, 4) is 11.5 Å². The molecule has 2 atom stereocenters. The lowest BCUT2D eigenvalue weighted by Gasteiger charge is -2.26. The van der Waals surface area contributed by atoms with Crippen molar-refractivity contribution in [2.45, 2.75) is 25.9 Å². The summed E-state index contributed by atoms with van der Waals surface area (Å²) in [6.45, 7) is 3.44. The molecule has 5 heteroatoms. The van der Waals surface area contributed by atoms with Gasteiger partial charge in [0, 0.05) is 12.2 Å². The molecule has 5 nitrogen and oxygen atoms in total. The van der Waals surface area contributed by atoms with Crippen LogP contribution in [0, 0.1) is 0 Å². The highest BCUT2D eigenvalue weighted by Gasteiger charge is 2.32. The van der Waals surface area contributed by atoms with Crippen molar-refractivity contribution < 1.29 is 19.2 Å². The van der Waals surface area contributed by atoms with Crippen LogP contribution in [0.25, 0.3) is 0 Å². The van der Waals surface area contributed by atoms with E-state index in [1.807, 2.05) is 55.3 Å². The Bertz CT molecular complexity index is 791. The Labute approximate surface area is 155 Å². The first-order chi connectivity index (χ1) is 12.6. The van der Waals surface area contributed by atoms with Crippen molar-refractivity contribution in [2.75, 3.05) is 32.7 Å². The Morgan fingerprint density at radius 1 is 1.15 bits per heavy atom. The molecule has 2 aromatic carbocycles. The molecule has 0 fully saturated rings. The largest absolute Gasteiger partial charge is 0.493 e. The maximum Gasteiger partial charge on any atom is 0.284 e. The molecule has 0 spiro atoms. The number of fused-ring (bicyclic) bond motifs is 1. The number of nitrogens with one attached hydrogen (secondary N) is 1. The lowest BCUT2D eigenvalue weighted by atomic mass is 10.1. The van der Waals surface area contributed by atoms with Crippen molar-refractivity contribution in [3.05, 3.63) is 53.6 Å². The Morgan fingerprint density at radius 2 is 1.92 bits per heavy atom. The van der Waals surface area contributed by atoms with Crippen LogP contribution in [0.4, 0.5) is 5.69 Å². The maximum absolute atomic E-state index is 13.1. The molecule has 0 bridgehead atoms. The van der Waals surface area contributed by atoms with Crippen molar-refractivity contribution >= 4 is 11.6 Å². The van der Waals surface area contributed by atoms with E-state index >= 15 is 0 Å². The minimum absolute atomic E-state index is 0.155. The lowest BCUT2D eigenvalue weighted by Crippen LogP contribution is -3.12. The molecular weight excluding hydrogens is 328 g/mol. The van der Waals surface area contributed by atoms with Crippen molar-refractivity contribution in [1.82, 2.24) is 0 Å². The van der Waals surface area contributed by atoms with E-state index in [-0.39, 0.29) is 11.9 Å². The van der Waals surface area contributed by atoms with Crippen LogP contribution in [0.3, 0.4) is 0 Å². The van der Waals surface area contributed by atoms with Gasteiger partial charge in [0.2, 0.25) is 0 Å². The highest BCUT2D eigenvalue weighted by molar-refractivity contribution is 5.97. The Hall–Kier alpha value is -2.53. The number of carbonyl (C=O) groups is 1. The second-order valence-electron chi connectivity index (χ2n) is 6.77. The first-order valence-corrected chi connectivity index (χ1v) is 8.98. The first kappa shape index (κ1) is 18.3. The van der Waals surface area contributed by atoms with Gasteiger partial charge in [0.1, 0.15) is 6.54 Å². The Kier molecular flexibility index (Phi) is 5.47. The summed E-state index contributed by atoms with van der Waals surface area (Å²) >= 11 is 0. The van der Waals surface area contributed by atoms with Crippen molar-refractivity contribution in [2.24, 2.45) is 0 Å². The van der Waals surface area contributed by atoms with Crippen molar-refractivity contribution in [1.29, 1.82) is 0 Å². The second-order valence-corrected chi connectivity index (χ2v) is 6.77. The number of carbonyl (C=O) groups excluding carboxylic acids is 1. The summed E-state index contributed by atoms with van der Waals surface area (Å²) in [7, 11) is 5.32. The van der Waals surface area contributed by atoms with Gasteiger partial charge in [-0.15, -0.1) is 0 Å². The standard InChI is InChI=1S/C21H26N2O3/c1-15(21(24)23-13-12-16-8-5-6-10-18(16)23)22(2)14-17-9-7-11-19(25-3)20(17)26-4/h5-11,15H,12-14H2,1-4H3/p+1/t15-/m1/s1. The molecule has 1 aliphatic rings. The summed E-state index contributed by atoms with van der Waals surface area (Å²) in [4.78, 5) is 16.1. The van der Waals surface area contributed by atoms with E-state index in [1.54, 1.807) is 14.2 Å². The summed E-state index contributed by atoms with van der Waals surface area (Å²) in [5, 5.41) is 0. The minimum Gasteiger partial charge on any atom is -0.493 e. The molecular formula is C21H27N2O3+. The van der Waals surface area contributed by atoms with Gasteiger partial charge < -0.3 is 19.3 Å². The van der Waals surface area contributed by atoms with Gasteiger partial charge in [-0.1, -0.05) is 24.3 Å². The van der Waals surface area contributed by atoms with Crippen LogP contribution < -0.4 is 19.3 Å². The summed E-state index contributed by atoms with van der Waals surface area (Å²) in [5.74, 6) is 1.61. The van der Waals surface area contributed by atoms with Gasteiger partial charge in [0.25, 0.3) is 5.91 Å². The smallest absolute Gasteiger partial charge is 0.284 e. The molecule has 0 saturated heterocycles. The van der Waals surface area contributed by atoms with E-state index < -0.39 is 0 Å². The van der Waals surface area contributed by atoms with Gasteiger partial charge in [0.05, 0.1) is 26.8 Å². The van der Waals surface area contributed by atoms with Crippen LogP contribution in [0.15, 0.2) is 42.5 Å². The zero-order valence-corrected chi connectivity index (χ0v) is 15.9. The lowest BCUT2D eigenvalue weighted by molar-refractivity contribution is -0.908. The van der Waals surface area contributed by atoms with E-state index in [0.29, 0.717) is 12.3 Å². The van der Waals surface area contributed by atoms with Gasteiger partial charge in [-0.05, 0) is 37.1 Å². The zero-order chi connectivity index (χ0) is 18.7. The third-order valence-corrected chi connectivity index (χ3v) is 5.22. The van der Waals surface area contributed by atoms with Gasteiger partial charge in [-0.2, -0.15) is 0 Å². The summed E-state index contributed by atoms with van der Waals surface area (Å²) < 4.78 is 10.9. The predicted octanol–water partition coefficient (Wildman–Crippen LogP) is 1.70. The number of quaternary nitrogens is 1. The highest BCUT2D eigenvalue weighted by atomic mass is 16.5. The molecule has 2 aromatic rings. The van der Waals surface area contributed by atoms with Gasteiger partial charge in [-0.3, -0.25) is 4.79 Å². The fourth-order valence-corrected chi connectivity index (χ4v) is 3.56. The van der Waals surface area contributed by atoms with E-state index in [4.69, 9.17) is 9.47 Å². The number of anilines is 1. The quantitative estimate of drug-likeness (QED) is 0.858. The molecule has 1 heterocycles. The number of rotatable bonds is 6. The maximum atomic E-state index is 13.1. The number of para-hydroxylation sites is 2. The average molecular weight is 355 g/mol. The van der Waals surface area contributed by atoms with E-state index in [0.717, 1.165) is 34.9 Å². The summed E-state index contributed by atoms with van der Waals surface area (Å²) in [5.41, 5.74) is 3.34. The summed E-state index contributed by atoms with van der Waals surface area (Å²) in [6.07, 6.45) is 0.928. The van der Waals surface area contributed by atoms with Gasteiger partial charge in [-0.25, -0.2) is 0 Å². The third-order valence-electron chi connectivity index (χ3n) is 5.22. The first-order valence-electron chi connectivity index (χ1n) is 8.98. The monoisotopic (exact) mass is 355 g/mol. The fourth-order valence-electron chi connectivity index (χ4n) is 3.56. The number of hydrogen-bond donors (Lipinski definition) is 1. The Balaban J connectivity index is 1.75. The molecule has 1 amide bonds. The number of amides is 1. The van der Waals surface area contributed by atoms with Crippen LogP contribution in [-0.4, -0.2) is 39.8 Å². The molecule has 26 heavy (non-hydrogen) atoms. The van der Waals surface area contributed by atoms with Crippen molar-refractivity contribution in [3.63, 3.8) is 0 Å². The van der Waals surface area contributed by atoms with E-state index in [1.165, 1.54) is 5.56 Å². The number of benzene rings is 2. The molecule has 1 unspecified atom stereocenters. The average Bonchev–Trinajstić information content (AvgIpc) is 3.10. The molecule has 138 valence electrons. The number of hydrogen-bond acceptors (Lipinski definition) is 3. The molecule has 0 aliphatic carbocycles. The molecule has 0 aromatic heterocycles. The number of methoxy groups -OCH3 is 2. The van der Waals surface area contributed by atoms with Crippen LogP contribution in [0.5, 0.6) is 11.5 Å². The number of nitrogens with zero attached hydrogens (tertiary/aromatic N) is 1. The topological polar surface area (TPSA) is 43.2 Å². The van der Waals surface area contributed by atoms with Crippen LogP contribution in [0.2, 0.25) is 0 Å². The molecule has 1 aliphatic heterocycles. The predicted molar refractivity (Wildman–Crippen MR) is 102 cm³/mol. The molecule has 1 N–H and O–H groups in total. The van der Waals surface area contributed by atoms with E-state index in [2.05, 4.69) is 6.07 Å². The van der Waals surface area contributed by atoms with E-state index in [9.17, 15) is 4.79 Å². The fraction of sp³-hybridized carbons (Fsp3) is 0.381. The second kappa shape index (κ2) is 7.79. The Morgan fingerprint density at radius 3 is 2.65 bits per heavy atom. The molecule has 0 saturated carbocycles. The summed E-state index contributed by atoms with van der Waals surface area (Å²) in [6, 6.07) is 13.9. The number of ether oxygens (including phenoxy) is 2. The van der Waals surface area contributed by atoms with Gasteiger partial charge >= 0.3 is 0 Å².